The molecule has 1 N–H and O–H groups in total. The quantitative estimate of drug-likeness (QED) is 0.941. The Morgan fingerprint density at radius 1 is 1.41 bits per heavy atom. The van der Waals surface area contributed by atoms with Gasteiger partial charge in [-0.1, -0.05) is 34.1 Å². The summed E-state index contributed by atoms with van der Waals surface area (Å²) in [4.78, 5) is 14.5. The van der Waals surface area contributed by atoms with Gasteiger partial charge in [0, 0.05) is 16.5 Å². The predicted octanol–water partition coefficient (Wildman–Crippen LogP) is 3.12. The Balaban J connectivity index is 2.18. The number of carbonyl (C=O) groups is 1. The van der Waals surface area contributed by atoms with Crippen molar-refractivity contribution in [1.29, 1.82) is 0 Å². The Hall–Kier alpha value is -1.62. The molecule has 0 aliphatic heterocycles. The van der Waals surface area contributed by atoms with Crippen LogP contribution in [0.25, 0.3) is 11.3 Å². The van der Waals surface area contributed by atoms with Gasteiger partial charge in [-0.15, -0.1) is 0 Å². The van der Waals surface area contributed by atoms with Crippen LogP contribution < -0.4 is 0 Å². The molecular formula is C12H10BrNO3. The maximum atomic E-state index is 10.4. The smallest absolute Gasteiger partial charge is 0.303 e. The number of aromatic nitrogens is 1. The van der Waals surface area contributed by atoms with Gasteiger partial charge in [-0.25, -0.2) is 4.98 Å². The highest BCUT2D eigenvalue weighted by atomic mass is 79.9. The van der Waals surface area contributed by atoms with Gasteiger partial charge in [0.15, 0.2) is 11.7 Å². The van der Waals surface area contributed by atoms with E-state index in [4.69, 9.17) is 9.52 Å². The Bertz CT molecular complexity index is 536. The molecule has 0 saturated heterocycles. The number of hydrogen-bond acceptors (Lipinski definition) is 3. The third kappa shape index (κ3) is 2.94. The number of halogens is 1. The van der Waals surface area contributed by atoms with Crippen molar-refractivity contribution < 1.29 is 14.3 Å². The first-order valence-corrected chi connectivity index (χ1v) is 5.87. The molecule has 2 rings (SSSR count). The number of hydrogen-bond donors (Lipinski definition) is 1. The molecule has 0 aliphatic carbocycles. The first-order chi connectivity index (χ1) is 8.16. The van der Waals surface area contributed by atoms with Crippen molar-refractivity contribution in [2.24, 2.45) is 0 Å². The van der Waals surface area contributed by atoms with E-state index >= 15 is 0 Å². The van der Waals surface area contributed by atoms with Crippen molar-refractivity contribution in [3.05, 3.63) is 40.8 Å². The predicted molar refractivity (Wildman–Crippen MR) is 65.6 cm³/mol. The Morgan fingerprint density at radius 2 is 2.18 bits per heavy atom. The van der Waals surface area contributed by atoms with Gasteiger partial charge in [0.05, 0.1) is 12.6 Å². The van der Waals surface area contributed by atoms with Gasteiger partial charge in [0.2, 0.25) is 0 Å². The molecule has 0 spiro atoms. The summed E-state index contributed by atoms with van der Waals surface area (Å²) in [6.45, 7) is 0. The van der Waals surface area contributed by atoms with Crippen LogP contribution in [-0.2, 0) is 11.2 Å². The number of benzene rings is 1. The van der Waals surface area contributed by atoms with Gasteiger partial charge in [0.25, 0.3) is 0 Å². The normalized spacial score (nSPS) is 10.4. The highest BCUT2D eigenvalue weighted by molar-refractivity contribution is 9.10. The van der Waals surface area contributed by atoms with Gasteiger partial charge >= 0.3 is 5.97 Å². The summed E-state index contributed by atoms with van der Waals surface area (Å²) >= 11 is 3.42. The van der Waals surface area contributed by atoms with Crippen molar-refractivity contribution in [2.75, 3.05) is 0 Å². The van der Waals surface area contributed by atoms with Gasteiger partial charge in [0.1, 0.15) is 0 Å². The second-order valence-corrected chi connectivity index (χ2v) is 4.35. The van der Waals surface area contributed by atoms with Crippen LogP contribution in [0.1, 0.15) is 12.3 Å². The van der Waals surface area contributed by atoms with Crippen LogP contribution in [0.15, 0.2) is 39.4 Å². The van der Waals surface area contributed by atoms with E-state index in [0.717, 1.165) is 10.0 Å². The van der Waals surface area contributed by atoms with E-state index in [-0.39, 0.29) is 6.42 Å². The van der Waals surface area contributed by atoms with E-state index in [1.807, 2.05) is 24.3 Å². The highest BCUT2D eigenvalue weighted by Crippen LogP contribution is 2.28. The minimum absolute atomic E-state index is 0.0237. The number of carboxylic acid groups (broad SMARTS) is 1. The summed E-state index contributed by atoms with van der Waals surface area (Å²) in [6.07, 6.45) is 1.94. The fraction of sp³-hybridized carbons (Fsp3) is 0.167. The summed E-state index contributed by atoms with van der Waals surface area (Å²) < 4.78 is 6.41. The Labute approximate surface area is 106 Å². The zero-order valence-corrected chi connectivity index (χ0v) is 10.5. The fourth-order valence-electron chi connectivity index (χ4n) is 1.43. The second kappa shape index (κ2) is 5.14. The molecule has 1 aromatic carbocycles. The van der Waals surface area contributed by atoms with Gasteiger partial charge in [-0.2, -0.15) is 0 Å². The minimum Gasteiger partial charge on any atom is -0.481 e. The summed E-state index contributed by atoms with van der Waals surface area (Å²) in [7, 11) is 0. The molecular weight excluding hydrogens is 286 g/mol. The SMILES string of the molecule is O=C(O)CCc1ncc(-c2ccccc2Br)o1. The van der Waals surface area contributed by atoms with Gasteiger partial charge in [-0.3, -0.25) is 4.79 Å². The summed E-state index contributed by atoms with van der Waals surface area (Å²) in [5.41, 5.74) is 0.904. The number of carboxylic acids is 1. The van der Waals surface area contributed by atoms with Crippen molar-refractivity contribution >= 4 is 21.9 Å². The van der Waals surface area contributed by atoms with E-state index in [9.17, 15) is 4.79 Å². The first kappa shape index (κ1) is 11.9. The Kier molecular flexibility index (Phi) is 3.58. The van der Waals surface area contributed by atoms with E-state index in [0.29, 0.717) is 18.1 Å². The molecule has 0 saturated carbocycles. The van der Waals surface area contributed by atoms with Crippen LogP contribution in [0.2, 0.25) is 0 Å². The van der Waals surface area contributed by atoms with Crippen molar-refractivity contribution in [3.8, 4) is 11.3 Å². The van der Waals surface area contributed by atoms with Crippen LogP contribution in [0.4, 0.5) is 0 Å². The third-order valence-corrected chi connectivity index (χ3v) is 2.94. The summed E-state index contributed by atoms with van der Waals surface area (Å²) in [5.74, 6) is 0.224. The molecule has 1 heterocycles. The van der Waals surface area contributed by atoms with E-state index in [2.05, 4.69) is 20.9 Å². The zero-order valence-electron chi connectivity index (χ0n) is 8.89. The van der Waals surface area contributed by atoms with Crippen LogP contribution >= 0.6 is 15.9 Å². The highest BCUT2D eigenvalue weighted by Gasteiger charge is 2.10. The number of rotatable bonds is 4. The zero-order chi connectivity index (χ0) is 12.3. The van der Waals surface area contributed by atoms with E-state index in [1.165, 1.54) is 0 Å². The average Bonchev–Trinajstić information content (AvgIpc) is 2.75. The second-order valence-electron chi connectivity index (χ2n) is 3.49. The molecule has 0 amide bonds. The van der Waals surface area contributed by atoms with Crippen molar-refractivity contribution in [1.82, 2.24) is 4.98 Å². The average molecular weight is 296 g/mol. The molecule has 0 fully saturated rings. The molecule has 0 radical (unpaired) electrons. The van der Waals surface area contributed by atoms with Crippen molar-refractivity contribution in [3.63, 3.8) is 0 Å². The van der Waals surface area contributed by atoms with Crippen LogP contribution in [0.3, 0.4) is 0 Å². The van der Waals surface area contributed by atoms with E-state index < -0.39 is 5.97 Å². The number of oxazole rings is 1. The lowest BCUT2D eigenvalue weighted by atomic mass is 10.2. The molecule has 2 aromatic rings. The van der Waals surface area contributed by atoms with Crippen LogP contribution in [0, 0.1) is 0 Å². The van der Waals surface area contributed by atoms with Crippen molar-refractivity contribution in [2.45, 2.75) is 12.8 Å². The molecule has 5 heteroatoms. The molecule has 88 valence electrons. The molecule has 17 heavy (non-hydrogen) atoms. The lowest BCUT2D eigenvalue weighted by molar-refractivity contribution is -0.137. The number of nitrogens with zero attached hydrogens (tertiary/aromatic N) is 1. The first-order valence-electron chi connectivity index (χ1n) is 5.08. The fourth-order valence-corrected chi connectivity index (χ4v) is 1.91. The van der Waals surface area contributed by atoms with Gasteiger partial charge in [-0.05, 0) is 6.07 Å². The van der Waals surface area contributed by atoms with E-state index in [1.54, 1.807) is 6.20 Å². The molecule has 0 unspecified atom stereocenters. The molecule has 4 nitrogen and oxygen atoms in total. The standard InChI is InChI=1S/C12H10BrNO3/c13-9-4-2-1-3-8(9)10-7-14-11(17-10)5-6-12(15)16/h1-4,7H,5-6H2,(H,15,16). The summed E-state index contributed by atoms with van der Waals surface area (Å²) in [6, 6.07) is 7.63. The molecule has 0 aliphatic rings. The topological polar surface area (TPSA) is 63.3 Å². The maximum absolute atomic E-state index is 10.4. The van der Waals surface area contributed by atoms with Gasteiger partial charge < -0.3 is 9.52 Å². The van der Waals surface area contributed by atoms with Crippen LogP contribution in [0.5, 0.6) is 0 Å². The largest absolute Gasteiger partial charge is 0.481 e. The molecule has 0 atom stereocenters. The lowest BCUT2D eigenvalue weighted by Crippen LogP contribution is -1.97. The molecule has 0 bridgehead atoms. The summed E-state index contributed by atoms with van der Waals surface area (Å²) in [5, 5.41) is 8.57. The minimum atomic E-state index is -0.856. The third-order valence-electron chi connectivity index (χ3n) is 2.25. The lowest BCUT2D eigenvalue weighted by Gasteiger charge is -1.98. The van der Waals surface area contributed by atoms with Crippen LogP contribution in [-0.4, -0.2) is 16.1 Å². The monoisotopic (exact) mass is 295 g/mol. The maximum Gasteiger partial charge on any atom is 0.303 e. The number of aliphatic carboxylic acids is 1. The Morgan fingerprint density at radius 3 is 2.88 bits per heavy atom. The molecule has 1 aromatic heterocycles. The number of aryl methyl sites for hydroxylation is 1.